The van der Waals surface area contributed by atoms with Crippen LogP contribution >= 0.6 is 0 Å². The summed E-state index contributed by atoms with van der Waals surface area (Å²) in [5, 5.41) is 20.5. The molecule has 15 heteroatoms. The number of nitro benzene ring substituents is 1. The molecule has 0 unspecified atom stereocenters. The third-order valence-electron chi connectivity index (χ3n) is 16.2. The second-order valence-corrected chi connectivity index (χ2v) is 22.6. The van der Waals surface area contributed by atoms with E-state index in [1.54, 1.807) is 17.0 Å². The maximum absolute atomic E-state index is 15.3. The summed E-state index contributed by atoms with van der Waals surface area (Å²) < 4.78 is 36.5. The van der Waals surface area contributed by atoms with Crippen LogP contribution in [0, 0.1) is 39.7 Å². The zero-order chi connectivity index (χ0) is 49.4. The highest BCUT2D eigenvalue weighted by Gasteiger charge is 2.53. The van der Waals surface area contributed by atoms with Gasteiger partial charge in [0, 0.05) is 73.3 Å². The molecule has 12 rings (SSSR count). The molecule has 4 aliphatic carbocycles. The van der Waals surface area contributed by atoms with Crippen LogP contribution in [0.5, 0.6) is 0 Å². The minimum Gasteiger partial charge on any atom is -0.381 e. The maximum Gasteiger partial charge on any atom is 0.293 e. The molecule has 4 bridgehead atoms. The normalized spacial score (nSPS) is 22.1. The minimum absolute atomic E-state index is 0.0747. The number of nitrogens with one attached hydrogen (secondary N) is 2. The number of amides is 2. The molecule has 2 amide bonds. The zero-order valence-corrected chi connectivity index (χ0v) is 41.2. The van der Waals surface area contributed by atoms with Crippen molar-refractivity contribution in [3.05, 3.63) is 161 Å². The van der Waals surface area contributed by atoms with Gasteiger partial charge in [0.25, 0.3) is 27.5 Å². The number of anilines is 4. The summed E-state index contributed by atoms with van der Waals surface area (Å²) in [5.74, 6) is 1.84. The Balaban J connectivity index is 0.782. The van der Waals surface area contributed by atoms with Gasteiger partial charge in [-0.25, -0.2) is 13.1 Å². The number of hydrogen-bond acceptors (Lipinski definition) is 10. The smallest absolute Gasteiger partial charge is 0.293 e. The average molecular weight is 988 g/mol. The minimum atomic E-state index is -4.42. The monoisotopic (exact) mass is 987 g/mol. The van der Waals surface area contributed by atoms with Gasteiger partial charge in [-0.05, 0) is 172 Å². The van der Waals surface area contributed by atoms with Crippen LogP contribution in [0.15, 0.2) is 138 Å². The topological polar surface area (TPSA) is 169 Å². The summed E-state index contributed by atoms with van der Waals surface area (Å²) in [5.41, 5.74) is 6.01. The highest BCUT2D eigenvalue weighted by atomic mass is 32.2. The third kappa shape index (κ3) is 9.76. The molecule has 0 radical (unpaired) electrons. The van der Waals surface area contributed by atoms with E-state index in [2.05, 4.69) is 50.1 Å². The van der Waals surface area contributed by atoms with Gasteiger partial charge >= 0.3 is 0 Å². The van der Waals surface area contributed by atoms with Crippen molar-refractivity contribution in [3.63, 3.8) is 0 Å². The van der Waals surface area contributed by atoms with Crippen molar-refractivity contribution in [2.24, 2.45) is 29.6 Å². The predicted octanol–water partition coefficient (Wildman–Crippen LogP) is 10.8. The quantitative estimate of drug-likeness (QED) is 0.0746. The van der Waals surface area contributed by atoms with Gasteiger partial charge in [-0.1, -0.05) is 60.7 Å². The number of rotatable bonds is 15. The lowest BCUT2D eigenvalue weighted by Gasteiger charge is -2.56. The molecule has 2 aliphatic heterocycles. The first-order valence-electron chi connectivity index (χ1n) is 25.6. The largest absolute Gasteiger partial charge is 0.381 e. The molecule has 14 nitrogen and oxygen atoms in total. The van der Waals surface area contributed by atoms with Crippen molar-refractivity contribution in [1.82, 2.24) is 14.5 Å². The SMILES string of the molecule is O=C(NS(=O)(=O)c1ccc(NCC2CCOCC2)c([N+](=O)[O-])c1)c1ccc(N2CCC(Cc3ccccc3-c3cn(C45CC6CC(CC(C6)C4)C5)nc3C(=O)N(c3ccccc3)c3ccccc3)CC2)cc1. The number of carbonyl (C=O) groups is 2. The van der Waals surface area contributed by atoms with Gasteiger partial charge in [-0.15, -0.1) is 0 Å². The van der Waals surface area contributed by atoms with E-state index in [0.717, 1.165) is 98.7 Å². The van der Waals surface area contributed by atoms with E-state index in [9.17, 15) is 23.3 Å². The van der Waals surface area contributed by atoms with E-state index in [-0.39, 0.29) is 33.3 Å². The van der Waals surface area contributed by atoms with E-state index in [1.165, 1.54) is 37.0 Å². The molecule has 372 valence electrons. The predicted molar refractivity (Wildman–Crippen MR) is 278 cm³/mol. The number of ether oxygens (including phenoxy) is 1. The van der Waals surface area contributed by atoms with Crippen LogP contribution in [0.25, 0.3) is 11.1 Å². The second-order valence-electron chi connectivity index (χ2n) is 20.9. The number of nitro groups is 1. The molecule has 6 aliphatic rings. The first-order chi connectivity index (χ1) is 35.0. The fourth-order valence-corrected chi connectivity index (χ4v) is 13.9. The molecule has 2 N–H and O–H groups in total. The van der Waals surface area contributed by atoms with Gasteiger partial charge in [-0.2, -0.15) is 5.10 Å². The van der Waals surface area contributed by atoms with E-state index >= 15 is 4.79 Å². The lowest BCUT2D eigenvalue weighted by atomic mass is 9.53. The van der Waals surface area contributed by atoms with Crippen LogP contribution in [0.1, 0.15) is 90.6 Å². The van der Waals surface area contributed by atoms with Crippen LogP contribution in [-0.4, -0.2) is 67.8 Å². The molecule has 3 heterocycles. The van der Waals surface area contributed by atoms with Gasteiger partial charge in [0.1, 0.15) is 5.69 Å². The number of hydrogen-bond donors (Lipinski definition) is 2. The molecule has 6 fully saturated rings. The summed E-state index contributed by atoms with van der Waals surface area (Å²) >= 11 is 0. The average Bonchev–Trinajstić information content (AvgIpc) is 3.86. The first kappa shape index (κ1) is 47.5. The lowest BCUT2D eigenvalue weighted by molar-refractivity contribution is -0.384. The second kappa shape index (κ2) is 20.0. The number of para-hydroxylation sites is 2. The summed E-state index contributed by atoms with van der Waals surface area (Å²) in [6.45, 7) is 3.36. The van der Waals surface area contributed by atoms with Gasteiger partial charge in [0.15, 0.2) is 5.69 Å². The van der Waals surface area contributed by atoms with Crippen molar-refractivity contribution in [1.29, 1.82) is 0 Å². The van der Waals surface area contributed by atoms with Gasteiger partial charge < -0.3 is 15.0 Å². The van der Waals surface area contributed by atoms with Crippen LogP contribution in [-0.2, 0) is 26.7 Å². The lowest BCUT2D eigenvalue weighted by Crippen LogP contribution is -2.52. The van der Waals surface area contributed by atoms with Crippen molar-refractivity contribution in [2.45, 2.75) is 81.1 Å². The summed E-state index contributed by atoms with van der Waals surface area (Å²) in [6, 6.07) is 38.7. The molecular weight excluding hydrogens is 927 g/mol. The van der Waals surface area contributed by atoms with Crippen LogP contribution in [0.2, 0.25) is 0 Å². The molecule has 5 aromatic carbocycles. The van der Waals surface area contributed by atoms with Crippen LogP contribution < -0.4 is 19.8 Å². The van der Waals surface area contributed by atoms with E-state index in [1.807, 2.05) is 72.8 Å². The Bertz CT molecular complexity index is 2980. The Morgan fingerprint density at radius 1 is 0.750 bits per heavy atom. The molecule has 0 spiro atoms. The standard InChI is InChI=1S/C57H61N7O7S/c65-55(60-72(69,70)49-19-20-52(53(33-49)64(67)68)58-37-40-23-27-71-28-24-40)44-15-17-46(18-16-44)61-25-21-39(22-26-61)32-45-9-7-8-14-50(45)51-38-62(57-34-41-29-42(35-57)31-43(30-41)36-57)59-54(51)56(66)63(47-10-3-1-4-11-47)48-12-5-2-6-13-48/h1-20,33,38-43,58H,21-32,34-37H2,(H,60,65). The molecule has 1 aromatic heterocycles. The first-order valence-corrected chi connectivity index (χ1v) is 27.1. The molecular formula is C57H61N7O7S. The zero-order valence-electron chi connectivity index (χ0n) is 40.4. The van der Waals surface area contributed by atoms with Crippen molar-refractivity contribution in [2.75, 3.05) is 48.0 Å². The number of benzene rings is 5. The van der Waals surface area contributed by atoms with Gasteiger partial charge in [0.2, 0.25) is 0 Å². The number of carbonyl (C=O) groups excluding carboxylic acids is 2. The third-order valence-corrected chi connectivity index (χ3v) is 17.5. The number of piperidine rings is 1. The van der Waals surface area contributed by atoms with Crippen LogP contribution in [0.3, 0.4) is 0 Å². The Hall–Kier alpha value is -6.84. The van der Waals surface area contributed by atoms with Gasteiger partial charge in [0.05, 0.1) is 15.4 Å². The Morgan fingerprint density at radius 3 is 1.99 bits per heavy atom. The highest BCUT2D eigenvalue weighted by molar-refractivity contribution is 7.90. The fourth-order valence-electron chi connectivity index (χ4n) is 12.9. The molecule has 0 atom stereocenters. The maximum atomic E-state index is 15.3. The molecule has 2 saturated heterocycles. The van der Waals surface area contributed by atoms with Crippen LogP contribution in [0.4, 0.5) is 28.4 Å². The highest BCUT2D eigenvalue weighted by Crippen LogP contribution is 2.59. The number of nitrogens with zero attached hydrogens (tertiary/aromatic N) is 5. The molecule has 6 aromatic rings. The van der Waals surface area contributed by atoms with E-state index < -0.39 is 20.9 Å². The fraction of sp³-hybridized carbons (Fsp3) is 0.386. The summed E-state index contributed by atoms with van der Waals surface area (Å²) in [7, 11) is -4.42. The van der Waals surface area contributed by atoms with Gasteiger partial charge in [-0.3, -0.25) is 29.3 Å². The van der Waals surface area contributed by atoms with Crippen molar-refractivity contribution < 1.29 is 27.7 Å². The summed E-state index contributed by atoms with van der Waals surface area (Å²) in [6.07, 6.45) is 13.9. The van der Waals surface area contributed by atoms with Crippen molar-refractivity contribution >= 4 is 50.3 Å². The summed E-state index contributed by atoms with van der Waals surface area (Å²) in [4.78, 5) is 43.7. The Morgan fingerprint density at radius 2 is 1.36 bits per heavy atom. The van der Waals surface area contributed by atoms with Crippen molar-refractivity contribution in [3.8, 4) is 11.1 Å². The molecule has 4 saturated carbocycles. The number of aromatic nitrogens is 2. The Kier molecular flexibility index (Phi) is 13.2. The number of sulfonamides is 1. The van der Waals surface area contributed by atoms with E-state index in [4.69, 9.17) is 9.84 Å². The van der Waals surface area contributed by atoms with E-state index in [0.29, 0.717) is 55.0 Å². The Labute approximate surface area is 421 Å². The molecule has 72 heavy (non-hydrogen) atoms.